The summed E-state index contributed by atoms with van der Waals surface area (Å²) in [5, 5.41) is 6.27. The number of carbonyl (C=O) groups excluding carboxylic acids is 2. The Morgan fingerprint density at radius 3 is 3.06 bits per heavy atom. The molecule has 0 saturated carbocycles. The predicted molar refractivity (Wildman–Crippen MR) is 67.9 cm³/mol. The molecule has 0 bridgehead atoms. The lowest BCUT2D eigenvalue weighted by atomic mass is 10.2. The number of nitrogens with zero attached hydrogens (tertiary/aromatic N) is 1. The largest absolute Gasteiger partial charge is 0.353 e. The summed E-state index contributed by atoms with van der Waals surface area (Å²) in [4.78, 5) is 25.2. The van der Waals surface area contributed by atoms with Gasteiger partial charge in [-0.2, -0.15) is 11.8 Å². The van der Waals surface area contributed by atoms with Gasteiger partial charge in [0.2, 0.25) is 11.8 Å². The molecule has 2 aliphatic rings. The van der Waals surface area contributed by atoms with Crippen molar-refractivity contribution >= 4 is 23.6 Å². The van der Waals surface area contributed by atoms with Crippen molar-refractivity contribution in [2.75, 3.05) is 31.9 Å². The summed E-state index contributed by atoms with van der Waals surface area (Å²) in [5.41, 5.74) is 0. The topological polar surface area (TPSA) is 61.4 Å². The molecule has 2 rings (SSSR count). The van der Waals surface area contributed by atoms with Crippen molar-refractivity contribution in [2.45, 2.75) is 24.6 Å². The van der Waals surface area contributed by atoms with E-state index in [1.165, 1.54) is 0 Å². The summed E-state index contributed by atoms with van der Waals surface area (Å²) in [5.74, 6) is 1.11. The zero-order valence-corrected chi connectivity index (χ0v) is 10.9. The lowest BCUT2D eigenvalue weighted by Gasteiger charge is -2.35. The van der Waals surface area contributed by atoms with Crippen LogP contribution >= 0.6 is 11.8 Å². The molecule has 0 aromatic rings. The van der Waals surface area contributed by atoms with Gasteiger partial charge in [0.15, 0.2) is 0 Å². The summed E-state index contributed by atoms with van der Waals surface area (Å²) in [6, 6.07) is -0.242. The number of hydrogen-bond acceptors (Lipinski definition) is 4. The Balaban J connectivity index is 1.88. The maximum Gasteiger partial charge on any atom is 0.241 e. The fourth-order valence-corrected chi connectivity index (χ4v) is 3.31. The molecule has 0 aromatic carbocycles. The van der Waals surface area contributed by atoms with E-state index in [2.05, 4.69) is 17.6 Å². The zero-order valence-electron chi connectivity index (χ0n) is 10.1. The predicted octanol–water partition coefficient (Wildman–Crippen LogP) is -0.572. The average Bonchev–Trinajstić information content (AvgIpc) is 2.39. The van der Waals surface area contributed by atoms with Crippen LogP contribution in [0.25, 0.3) is 0 Å². The third-order valence-electron chi connectivity index (χ3n) is 3.22. The quantitative estimate of drug-likeness (QED) is 0.695. The van der Waals surface area contributed by atoms with Crippen molar-refractivity contribution in [3.8, 4) is 0 Å². The Morgan fingerprint density at radius 2 is 2.41 bits per heavy atom. The lowest BCUT2D eigenvalue weighted by molar-refractivity contribution is -0.134. The van der Waals surface area contributed by atoms with Crippen LogP contribution in [0.2, 0.25) is 0 Å². The summed E-state index contributed by atoms with van der Waals surface area (Å²) >= 11 is 1.95. The molecular formula is C11H19N3O2S. The van der Waals surface area contributed by atoms with Gasteiger partial charge in [-0.1, -0.05) is 6.92 Å². The molecule has 2 amide bonds. The van der Waals surface area contributed by atoms with Gasteiger partial charge in [-0.15, -0.1) is 0 Å². The first kappa shape index (κ1) is 12.7. The van der Waals surface area contributed by atoms with Gasteiger partial charge in [0.1, 0.15) is 6.04 Å². The van der Waals surface area contributed by atoms with Gasteiger partial charge in [-0.05, 0) is 6.42 Å². The summed E-state index contributed by atoms with van der Waals surface area (Å²) in [6.45, 7) is 4.48. The van der Waals surface area contributed by atoms with E-state index in [9.17, 15) is 9.59 Å². The molecule has 0 aliphatic carbocycles. The van der Waals surface area contributed by atoms with Crippen molar-refractivity contribution in [3.05, 3.63) is 0 Å². The highest BCUT2D eigenvalue weighted by Crippen LogP contribution is 2.21. The van der Waals surface area contributed by atoms with Gasteiger partial charge < -0.3 is 10.2 Å². The summed E-state index contributed by atoms with van der Waals surface area (Å²) in [7, 11) is 0. The number of nitrogens with one attached hydrogen (secondary N) is 2. The first-order chi connectivity index (χ1) is 8.20. The van der Waals surface area contributed by atoms with Crippen molar-refractivity contribution in [1.29, 1.82) is 0 Å². The smallest absolute Gasteiger partial charge is 0.241 e. The number of hydrogen-bond donors (Lipinski definition) is 2. The molecule has 0 spiro atoms. The number of carbonyl (C=O) groups is 2. The van der Waals surface area contributed by atoms with E-state index in [0.29, 0.717) is 11.8 Å². The number of piperazine rings is 1. The van der Waals surface area contributed by atoms with E-state index < -0.39 is 0 Å². The first-order valence-corrected chi connectivity index (χ1v) is 7.16. The third kappa shape index (κ3) is 3.13. The van der Waals surface area contributed by atoms with Gasteiger partial charge in [-0.3, -0.25) is 14.9 Å². The third-order valence-corrected chi connectivity index (χ3v) is 4.59. The van der Waals surface area contributed by atoms with Crippen LogP contribution in [0.4, 0.5) is 0 Å². The second kappa shape index (κ2) is 5.73. The molecule has 2 N–H and O–H groups in total. The second-order valence-corrected chi connectivity index (χ2v) is 5.83. The minimum absolute atomic E-state index is 0.0327. The maximum absolute atomic E-state index is 12.2. The van der Waals surface area contributed by atoms with Crippen LogP contribution in [0.5, 0.6) is 0 Å². The highest BCUT2D eigenvalue weighted by atomic mass is 32.2. The van der Waals surface area contributed by atoms with Gasteiger partial charge >= 0.3 is 0 Å². The van der Waals surface area contributed by atoms with Crippen molar-refractivity contribution in [1.82, 2.24) is 15.5 Å². The molecule has 2 atom stereocenters. The molecule has 17 heavy (non-hydrogen) atoms. The van der Waals surface area contributed by atoms with E-state index in [4.69, 9.17) is 0 Å². The molecule has 2 heterocycles. The molecule has 5 nitrogen and oxygen atoms in total. The zero-order chi connectivity index (χ0) is 12.3. The normalized spacial score (nSPS) is 29.9. The maximum atomic E-state index is 12.2. The van der Waals surface area contributed by atoms with Crippen LogP contribution in [0.15, 0.2) is 0 Å². The van der Waals surface area contributed by atoms with Gasteiger partial charge in [-0.25, -0.2) is 0 Å². The van der Waals surface area contributed by atoms with Gasteiger partial charge in [0.05, 0.1) is 6.54 Å². The summed E-state index contributed by atoms with van der Waals surface area (Å²) < 4.78 is 0. The van der Waals surface area contributed by atoms with E-state index >= 15 is 0 Å². The number of amides is 2. The van der Waals surface area contributed by atoms with E-state index in [1.807, 2.05) is 16.7 Å². The monoisotopic (exact) mass is 257 g/mol. The Bertz CT molecular complexity index is 301. The number of thioether (sulfide) groups is 1. The fraction of sp³-hybridized carbons (Fsp3) is 0.818. The van der Waals surface area contributed by atoms with E-state index in [0.717, 1.165) is 25.3 Å². The molecule has 0 radical (unpaired) electrons. The van der Waals surface area contributed by atoms with Crippen LogP contribution in [0, 0.1) is 0 Å². The Morgan fingerprint density at radius 1 is 1.59 bits per heavy atom. The fourth-order valence-electron chi connectivity index (χ4n) is 2.13. The van der Waals surface area contributed by atoms with Crippen LogP contribution in [0.3, 0.4) is 0 Å². The standard InChI is InChI=1S/C11H19N3O2S/c1-2-8-7-14(3-4-17-8)11(16)9-5-13-10(15)6-12-9/h8-9,12H,2-7H2,1H3,(H,13,15). The van der Waals surface area contributed by atoms with Gasteiger partial charge in [0, 0.05) is 30.6 Å². The molecule has 2 saturated heterocycles. The molecule has 6 heteroatoms. The first-order valence-electron chi connectivity index (χ1n) is 6.11. The summed E-state index contributed by atoms with van der Waals surface area (Å²) in [6.07, 6.45) is 1.10. The molecule has 0 aromatic heterocycles. The Hall–Kier alpha value is -0.750. The van der Waals surface area contributed by atoms with Crippen molar-refractivity contribution < 1.29 is 9.59 Å². The second-order valence-electron chi connectivity index (χ2n) is 4.42. The minimum Gasteiger partial charge on any atom is -0.353 e. The molecule has 96 valence electrons. The molecule has 2 fully saturated rings. The minimum atomic E-state index is -0.242. The molecule has 2 unspecified atom stereocenters. The van der Waals surface area contributed by atoms with Crippen LogP contribution < -0.4 is 10.6 Å². The van der Waals surface area contributed by atoms with Gasteiger partial charge in [0.25, 0.3) is 0 Å². The van der Waals surface area contributed by atoms with Crippen LogP contribution in [-0.4, -0.2) is 59.9 Å². The average molecular weight is 257 g/mol. The van der Waals surface area contributed by atoms with E-state index in [1.54, 1.807) is 0 Å². The number of rotatable bonds is 2. The van der Waals surface area contributed by atoms with Crippen LogP contribution in [-0.2, 0) is 9.59 Å². The lowest BCUT2D eigenvalue weighted by Crippen LogP contribution is -2.60. The van der Waals surface area contributed by atoms with Crippen molar-refractivity contribution in [3.63, 3.8) is 0 Å². The highest BCUT2D eigenvalue weighted by molar-refractivity contribution is 8.00. The molecular weight excluding hydrogens is 238 g/mol. The SMILES string of the molecule is CCC1CN(C(=O)C2CNC(=O)CN2)CCS1. The van der Waals surface area contributed by atoms with Crippen LogP contribution in [0.1, 0.15) is 13.3 Å². The highest BCUT2D eigenvalue weighted by Gasteiger charge is 2.30. The Kier molecular flexibility index (Phi) is 4.28. The van der Waals surface area contributed by atoms with E-state index in [-0.39, 0.29) is 24.4 Å². The molecule has 2 aliphatic heterocycles. The Labute approximate surface area is 106 Å². The van der Waals surface area contributed by atoms with Crippen molar-refractivity contribution in [2.24, 2.45) is 0 Å².